The highest BCUT2D eigenvalue weighted by molar-refractivity contribution is 9.10. The molecule has 0 unspecified atom stereocenters. The summed E-state index contributed by atoms with van der Waals surface area (Å²) in [6.07, 6.45) is 0.387. The minimum atomic E-state index is -0.250. The molecule has 1 aromatic rings. The molecule has 1 atom stereocenters. The third-order valence-electron chi connectivity index (χ3n) is 2.38. The van der Waals surface area contributed by atoms with Gasteiger partial charge in [-0.3, -0.25) is 9.59 Å². The number of nitrogens with one attached hydrogen (secondary N) is 1. The zero-order valence-electron chi connectivity index (χ0n) is 8.82. The number of rotatable bonds is 1. The van der Waals surface area contributed by atoms with Crippen molar-refractivity contribution in [3.8, 4) is 0 Å². The van der Waals surface area contributed by atoms with Crippen molar-refractivity contribution >= 4 is 28.3 Å². The summed E-state index contributed by atoms with van der Waals surface area (Å²) in [5, 5.41) is 9.58. The molecular formula is C11H11BrFNO3. The minimum absolute atomic E-state index is 0.00248. The van der Waals surface area contributed by atoms with E-state index in [4.69, 9.17) is 9.90 Å². The second kappa shape index (κ2) is 6.34. The van der Waals surface area contributed by atoms with Crippen molar-refractivity contribution in [2.24, 2.45) is 0 Å². The Morgan fingerprint density at radius 2 is 2.18 bits per heavy atom. The van der Waals surface area contributed by atoms with Gasteiger partial charge in [0.2, 0.25) is 5.91 Å². The fourth-order valence-electron chi connectivity index (χ4n) is 1.66. The van der Waals surface area contributed by atoms with E-state index in [1.54, 1.807) is 12.1 Å². The van der Waals surface area contributed by atoms with Crippen LogP contribution in [-0.4, -0.2) is 24.0 Å². The van der Waals surface area contributed by atoms with Gasteiger partial charge in [-0.1, -0.05) is 22.0 Å². The largest absolute Gasteiger partial charge is 0.483 e. The molecular weight excluding hydrogens is 293 g/mol. The van der Waals surface area contributed by atoms with Crippen LogP contribution < -0.4 is 5.32 Å². The Balaban J connectivity index is 0.000000437. The molecule has 1 saturated heterocycles. The minimum Gasteiger partial charge on any atom is -0.483 e. The highest BCUT2D eigenvalue weighted by Gasteiger charge is 2.25. The Labute approximate surface area is 106 Å². The molecule has 1 aliphatic rings. The normalized spacial score (nSPS) is 18.0. The zero-order valence-corrected chi connectivity index (χ0v) is 10.4. The number of carboxylic acid groups (broad SMARTS) is 1. The maximum absolute atomic E-state index is 13.5. The molecule has 1 fully saturated rings. The van der Waals surface area contributed by atoms with Crippen molar-refractivity contribution in [2.75, 3.05) is 6.54 Å². The van der Waals surface area contributed by atoms with Gasteiger partial charge in [0.1, 0.15) is 5.82 Å². The summed E-state index contributed by atoms with van der Waals surface area (Å²) in [6, 6.07) is 4.95. The first-order valence-corrected chi connectivity index (χ1v) is 5.67. The van der Waals surface area contributed by atoms with Gasteiger partial charge in [-0.15, -0.1) is 0 Å². The van der Waals surface area contributed by atoms with E-state index in [1.807, 2.05) is 0 Å². The lowest BCUT2D eigenvalue weighted by molar-refractivity contribution is -0.123. The van der Waals surface area contributed by atoms with E-state index in [0.29, 0.717) is 18.5 Å². The lowest BCUT2D eigenvalue weighted by Crippen LogP contribution is -2.13. The lowest BCUT2D eigenvalue weighted by atomic mass is 9.98. The van der Waals surface area contributed by atoms with Gasteiger partial charge in [-0.2, -0.15) is 0 Å². The summed E-state index contributed by atoms with van der Waals surface area (Å²) in [5.41, 5.74) is 0.617. The predicted molar refractivity (Wildman–Crippen MR) is 63.2 cm³/mol. The molecule has 0 aromatic heterocycles. The predicted octanol–water partition coefficient (Wildman–Crippen LogP) is 1.89. The monoisotopic (exact) mass is 303 g/mol. The topological polar surface area (TPSA) is 66.4 Å². The molecule has 1 heterocycles. The number of carbonyl (C=O) groups excluding carboxylic acids is 1. The first-order valence-electron chi connectivity index (χ1n) is 4.88. The number of carbonyl (C=O) groups is 2. The summed E-state index contributed by atoms with van der Waals surface area (Å²) in [7, 11) is 0. The van der Waals surface area contributed by atoms with Gasteiger partial charge in [-0.25, -0.2) is 4.39 Å². The van der Waals surface area contributed by atoms with Gasteiger partial charge in [0.15, 0.2) is 0 Å². The van der Waals surface area contributed by atoms with Crippen molar-refractivity contribution in [1.29, 1.82) is 0 Å². The van der Waals surface area contributed by atoms with Crippen LogP contribution in [-0.2, 0) is 9.59 Å². The molecule has 1 aliphatic heterocycles. The second-order valence-electron chi connectivity index (χ2n) is 3.48. The maximum atomic E-state index is 13.5. The fraction of sp³-hybridized carbons (Fsp3) is 0.273. The fourth-order valence-corrected chi connectivity index (χ4v) is 1.99. The summed E-state index contributed by atoms with van der Waals surface area (Å²) in [6.45, 7) is 0.289. The third kappa shape index (κ3) is 3.81. The molecule has 17 heavy (non-hydrogen) atoms. The van der Waals surface area contributed by atoms with Crippen LogP contribution in [0, 0.1) is 5.82 Å². The summed E-state index contributed by atoms with van der Waals surface area (Å²) >= 11 is 3.19. The third-order valence-corrected chi connectivity index (χ3v) is 2.87. The molecule has 0 radical (unpaired) electrons. The van der Waals surface area contributed by atoms with Crippen LogP contribution in [0.2, 0.25) is 0 Å². The molecule has 1 aromatic carbocycles. The van der Waals surface area contributed by atoms with E-state index in [9.17, 15) is 9.18 Å². The van der Waals surface area contributed by atoms with Crippen molar-refractivity contribution in [3.63, 3.8) is 0 Å². The van der Waals surface area contributed by atoms with Crippen molar-refractivity contribution in [3.05, 3.63) is 34.1 Å². The number of hydrogen-bond acceptors (Lipinski definition) is 2. The van der Waals surface area contributed by atoms with E-state index in [2.05, 4.69) is 21.2 Å². The Kier molecular flexibility index (Phi) is 5.09. The molecule has 0 saturated carbocycles. The smallest absolute Gasteiger partial charge is 0.290 e. The van der Waals surface area contributed by atoms with Gasteiger partial charge < -0.3 is 10.4 Å². The number of amides is 1. The molecule has 0 spiro atoms. The SMILES string of the molecule is O=C1C[C@H](c2ccc(Br)cc2F)CN1.O=CO. The van der Waals surface area contributed by atoms with E-state index in [0.717, 1.165) is 4.47 Å². The quantitative estimate of drug-likeness (QED) is 0.779. The molecule has 2 rings (SSSR count). The molecule has 0 aliphatic carbocycles. The summed E-state index contributed by atoms with van der Waals surface area (Å²) in [5.74, 6) is -0.270. The van der Waals surface area contributed by atoms with Crippen molar-refractivity contribution < 1.29 is 19.1 Å². The Bertz CT molecular complexity index is 425. The molecule has 1 amide bonds. The van der Waals surface area contributed by atoms with Gasteiger partial charge in [-0.05, 0) is 17.7 Å². The van der Waals surface area contributed by atoms with Gasteiger partial charge in [0.25, 0.3) is 6.47 Å². The molecule has 4 nitrogen and oxygen atoms in total. The second-order valence-corrected chi connectivity index (χ2v) is 4.39. The highest BCUT2D eigenvalue weighted by atomic mass is 79.9. The molecule has 0 bridgehead atoms. The van der Waals surface area contributed by atoms with Crippen LogP contribution in [0.15, 0.2) is 22.7 Å². The number of halogens is 2. The summed E-state index contributed by atoms with van der Waals surface area (Å²) in [4.78, 5) is 19.3. The van der Waals surface area contributed by atoms with Crippen LogP contribution in [0.25, 0.3) is 0 Å². The van der Waals surface area contributed by atoms with Crippen LogP contribution >= 0.6 is 15.9 Å². The van der Waals surface area contributed by atoms with Crippen LogP contribution in [0.5, 0.6) is 0 Å². The average molecular weight is 304 g/mol. The maximum Gasteiger partial charge on any atom is 0.290 e. The Morgan fingerprint density at radius 1 is 1.53 bits per heavy atom. The van der Waals surface area contributed by atoms with E-state index in [1.165, 1.54) is 6.07 Å². The van der Waals surface area contributed by atoms with Gasteiger partial charge >= 0.3 is 0 Å². The van der Waals surface area contributed by atoms with Crippen molar-refractivity contribution in [1.82, 2.24) is 5.32 Å². The average Bonchev–Trinajstić information content (AvgIpc) is 2.66. The Morgan fingerprint density at radius 3 is 2.65 bits per heavy atom. The number of hydrogen-bond donors (Lipinski definition) is 2. The van der Waals surface area contributed by atoms with Gasteiger partial charge in [0, 0.05) is 23.4 Å². The standard InChI is InChI=1S/C10H9BrFNO.CH2O2/c11-7-1-2-8(9(12)4-7)6-3-10(14)13-5-6;2-1-3/h1-2,4,6H,3,5H2,(H,13,14);1H,(H,2,3)/t6-;/m0./s1. The van der Waals surface area contributed by atoms with Crippen LogP contribution in [0.4, 0.5) is 4.39 Å². The van der Waals surface area contributed by atoms with Gasteiger partial charge in [0.05, 0.1) is 0 Å². The zero-order chi connectivity index (χ0) is 12.8. The Hall–Kier alpha value is -1.43. The van der Waals surface area contributed by atoms with Crippen molar-refractivity contribution in [2.45, 2.75) is 12.3 Å². The van der Waals surface area contributed by atoms with E-state index in [-0.39, 0.29) is 24.1 Å². The molecule has 6 heteroatoms. The highest BCUT2D eigenvalue weighted by Crippen LogP contribution is 2.27. The van der Waals surface area contributed by atoms with Crippen LogP contribution in [0.1, 0.15) is 17.9 Å². The first kappa shape index (κ1) is 13.6. The van der Waals surface area contributed by atoms with Crippen LogP contribution in [0.3, 0.4) is 0 Å². The molecule has 92 valence electrons. The molecule has 2 N–H and O–H groups in total. The first-order chi connectivity index (χ1) is 8.08. The lowest BCUT2D eigenvalue weighted by Gasteiger charge is -2.08. The van der Waals surface area contributed by atoms with E-state index >= 15 is 0 Å². The number of benzene rings is 1. The summed E-state index contributed by atoms with van der Waals surface area (Å²) < 4.78 is 14.2. The van der Waals surface area contributed by atoms with E-state index < -0.39 is 0 Å².